The van der Waals surface area contributed by atoms with Crippen molar-refractivity contribution in [2.45, 2.75) is 18.8 Å². The molecule has 0 radical (unpaired) electrons. The molecule has 2 aromatic carbocycles. The number of carbonyl (C=O) groups is 1. The lowest BCUT2D eigenvalue weighted by Crippen LogP contribution is -2.36. The Morgan fingerprint density at radius 1 is 1.13 bits per heavy atom. The zero-order valence-corrected chi connectivity index (χ0v) is 16.9. The molecule has 2 aliphatic heterocycles. The first-order chi connectivity index (χ1) is 14.7. The van der Waals surface area contributed by atoms with Gasteiger partial charge in [-0.1, -0.05) is 6.07 Å². The fourth-order valence-corrected chi connectivity index (χ4v) is 4.29. The maximum atomic E-state index is 12.7. The van der Waals surface area contributed by atoms with E-state index in [-0.39, 0.29) is 12.7 Å². The van der Waals surface area contributed by atoms with Crippen LogP contribution in [0.5, 0.6) is 17.2 Å². The Labute approximate surface area is 175 Å². The molecule has 2 aliphatic rings. The van der Waals surface area contributed by atoms with Crippen molar-refractivity contribution in [1.29, 1.82) is 0 Å². The van der Waals surface area contributed by atoms with E-state index in [4.69, 9.17) is 14.2 Å². The second-order valence-corrected chi connectivity index (χ2v) is 7.70. The molecule has 30 heavy (non-hydrogen) atoms. The van der Waals surface area contributed by atoms with Crippen LogP contribution in [0.15, 0.2) is 48.7 Å². The van der Waals surface area contributed by atoms with Crippen LogP contribution in [0.4, 0.5) is 0 Å². The van der Waals surface area contributed by atoms with E-state index in [2.05, 4.69) is 23.3 Å². The first-order valence-corrected chi connectivity index (χ1v) is 10.2. The van der Waals surface area contributed by atoms with Crippen LogP contribution in [0.2, 0.25) is 0 Å². The van der Waals surface area contributed by atoms with Crippen molar-refractivity contribution in [2.24, 2.45) is 0 Å². The minimum atomic E-state index is 0.0479. The largest absolute Gasteiger partial charge is 0.497 e. The zero-order valence-electron chi connectivity index (χ0n) is 16.9. The van der Waals surface area contributed by atoms with Gasteiger partial charge in [0.15, 0.2) is 11.5 Å². The lowest BCUT2D eigenvalue weighted by atomic mass is 9.89. The molecule has 5 rings (SSSR count). The summed E-state index contributed by atoms with van der Waals surface area (Å²) in [7, 11) is 1.69. The van der Waals surface area contributed by atoms with Gasteiger partial charge in [-0.2, -0.15) is 0 Å². The van der Waals surface area contributed by atoms with Gasteiger partial charge in [0.25, 0.3) is 0 Å². The van der Waals surface area contributed by atoms with Crippen molar-refractivity contribution in [3.63, 3.8) is 0 Å². The summed E-state index contributed by atoms with van der Waals surface area (Å²) >= 11 is 0. The molecule has 3 aromatic rings. The highest BCUT2D eigenvalue weighted by atomic mass is 16.7. The molecule has 1 N–H and O–H groups in total. The van der Waals surface area contributed by atoms with Gasteiger partial charge in [0, 0.05) is 36.3 Å². The highest BCUT2D eigenvalue weighted by Gasteiger charge is 2.24. The molecular weight excluding hydrogens is 380 g/mol. The molecule has 3 heterocycles. The average Bonchev–Trinajstić information content (AvgIpc) is 3.43. The lowest BCUT2D eigenvalue weighted by molar-refractivity contribution is -0.126. The minimum absolute atomic E-state index is 0.0479. The van der Waals surface area contributed by atoms with Crippen molar-refractivity contribution >= 4 is 22.9 Å². The summed E-state index contributed by atoms with van der Waals surface area (Å²) in [4.78, 5) is 17.9. The standard InChI is InChI=1S/C24H24N2O4/c1-28-18-4-5-21-19(13-18)20(14-25-21)17-8-10-26(11-9-17)24(27)7-3-16-2-6-22-23(12-16)30-15-29-22/h2-7,12-14,17,25H,8-11,15H2,1H3/b7-3+. The van der Waals surface area contributed by atoms with Gasteiger partial charge in [0.2, 0.25) is 12.7 Å². The fourth-order valence-electron chi connectivity index (χ4n) is 4.29. The normalized spacial score (nSPS) is 16.5. The van der Waals surface area contributed by atoms with Gasteiger partial charge in [-0.15, -0.1) is 0 Å². The number of piperidine rings is 1. The third-order valence-electron chi connectivity index (χ3n) is 5.98. The van der Waals surface area contributed by atoms with Crippen LogP contribution in [-0.2, 0) is 4.79 Å². The van der Waals surface area contributed by atoms with Gasteiger partial charge in [-0.05, 0) is 66.3 Å². The van der Waals surface area contributed by atoms with Gasteiger partial charge in [0.05, 0.1) is 7.11 Å². The number of carbonyl (C=O) groups excluding carboxylic acids is 1. The van der Waals surface area contributed by atoms with Crippen LogP contribution >= 0.6 is 0 Å². The fraction of sp³-hybridized carbons (Fsp3) is 0.292. The lowest BCUT2D eigenvalue weighted by Gasteiger charge is -2.31. The van der Waals surface area contributed by atoms with Gasteiger partial charge in [-0.25, -0.2) is 0 Å². The second kappa shape index (κ2) is 7.78. The summed E-state index contributed by atoms with van der Waals surface area (Å²) in [6, 6.07) is 11.8. The predicted octanol–water partition coefficient (Wildman–Crippen LogP) is 4.32. The predicted molar refractivity (Wildman–Crippen MR) is 115 cm³/mol. The van der Waals surface area contributed by atoms with E-state index < -0.39 is 0 Å². The van der Waals surface area contributed by atoms with Crippen molar-refractivity contribution in [3.05, 3.63) is 59.8 Å². The quantitative estimate of drug-likeness (QED) is 0.658. The molecule has 6 heteroatoms. The van der Waals surface area contributed by atoms with E-state index in [1.807, 2.05) is 35.2 Å². The highest BCUT2D eigenvalue weighted by Crippen LogP contribution is 2.35. The number of hydrogen-bond donors (Lipinski definition) is 1. The monoisotopic (exact) mass is 404 g/mol. The van der Waals surface area contributed by atoms with E-state index >= 15 is 0 Å². The maximum Gasteiger partial charge on any atom is 0.246 e. The molecule has 1 saturated heterocycles. The number of aromatic amines is 1. The van der Waals surface area contributed by atoms with E-state index in [1.54, 1.807) is 13.2 Å². The van der Waals surface area contributed by atoms with Crippen LogP contribution in [0.3, 0.4) is 0 Å². The Morgan fingerprint density at radius 2 is 1.97 bits per heavy atom. The van der Waals surface area contributed by atoms with Crippen LogP contribution < -0.4 is 14.2 Å². The number of benzene rings is 2. The number of ether oxygens (including phenoxy) is 3. The number of aromatic nitrogens is 1. The maximum absolute atomic E-state index is 12.7. The van der Waals surface area contributed by atoms with E-state index in [0.717, 1.165) is 54.3 Å². The number of H-pyrrole nitrogens is 1. The van der Waals surface area contributed by atoms with Crippen molar-refractivity contribution in [2.75, 3.05) is 27.0 Å². The zero-order chi connectivity index (χ0) is 20.5. The number of hydrogen-bond acceptors (Lipinski definition) is 4. The topological polar surface area (TPSA) is 63.8 Å². The summed E-state index contributed by atoms with van der Waals surface area (Å²) < 4.78 is 16.1. The number of nitrogens with zero attached hydrogens (tertiary/aromatic N) is 1. The molecule has 0 saturated carbocycles. The molecule has 154 valence electrons. The number of amides is 1. The molecule has 0 aliphatic carbocycles. The number of rotatable bonds is 4. The van der Waals surface area contributed by atoms with Gasteiger partial charge in [0.1, 0.15) is 5.75 Å². The molecule has 1 fully saturated rings. The van der Waals surface area contributed by atoms with Crippen molar-refractivity contribution < 1.29 is 19.0 Å². The number of fused-ring (bicyclic) bond motifs is 2. The molecule has 0 bridgehead atoms. The Hall–Kier alpha value is -3.41. The summed E-state index contributed by atoms with van der Waals surface area (Å²) in [5.41, 5.74) is 3.36. The van der Waals surface area contributed by atoms with Crippen LogP contribution in [0.25, 0.3) is 17.0 Å². The number of methoxy groups -OCH3 is 1. The third kappa shape index (κ3) is 3.49. The number of likely N-dealkylation sites (tertiary alicyclic amines) is 1. The molecule has 0 unspecified atom stereocenters. The third-order valence-corrected chi connectivity index (χ3v) is 5.98. The van der Waals surface area contributed by atoms with E-state index in [0.29, 0.717) is 5.92 Å². The molecule has 0 spiro atoms. The molecule has 1 aromatic heterocycles. The molecule has 1 amide bonds. The minimum Gasteiger partial charge on any atom is -0.497 e. The summed E-state index contributed by atoms with van der Waals surface area (Å²) in [6.45, 7) is 1.76. The summed E-state index contributed by atoms with van der Waals surface area (Å²) in [5, 5.41) is 1.21. The molecule has 6 nitrogen and oxygen atoms in total. The van der Waals surface area contributed by atoms with Gasteiger partial charge in [-0.3, -0.25) is 4.79 Å². The Balaban J connectivity index is 1.23. The first kappa shape index (κ1) is 18.6. The van der Waals surface area contributed by atoms with Crippen LogP contribution in [-0.4, -0.2) is 42.8 Å². The first-order valence-electron chi connectivity index (χ1n) is 10.2. The Kier molecular flexibility index (Phi) is 4.83. The Bertz CT molecular complexity index is 1110. The van der Waals surface area contributed by atoms with Crippen molar-refractivity contribution in [3.8, 4) is 17.2 Å². The van der Waals surface area contributed by atoms with Crippen LogP contribution in [0.1, 0.15) is 29.9 Å². The Morgan fingerprint density at radius 3 is 2.80 bits per heavy atom. The number of nitrogens with one attached hydrogen (secondary N) is 1. The SMILES string of the molecule is COc1ccc2[nH]cc(C3CCN(C(=O)/C=C/c4ccc5c(c4)OCO5)CC3)c2c1. The van der Waals surface area contributed by atoms with E-state index in [1.165, 1.54) is 10.9 Å². The smallest absolute Gasteiger partial charge is 0.246 e. The summed E-state index contributed by atoms with van der Waals surface area (Å²) in [5.74, 6) is 2.82. The highest BCUT2D eigenvalue weighted by molar-refractivity contribution is 5.92. The van der Waals surface area contributed by atoms with Gasteiger partial charge < -0.3 is 24.1 Å². The molecule has 0 atom stereocenters. The average molecular weight is 404 g/mol. The van der Waals surface area contributed by atoms with Gasteiger partial charge >= 0.3 is 0 Å². The van der Waals surface area contributed by atoms with E-state index in [9.17, 15) is 4.79 Å². The molecular formula is C24H24N2O4. The summed E-state index contributed by atoms with van der Waals surface area (Å²) in [6.07, 6.45) is 7.49. The van der Waals surface area contributed by atoms with Crippen LogP contribution in [0, 0.1) is 0 Å². The second-order valence-electron chi connectivity index (χ2n) is 7.70. The van der Waals surface area contributed by atoms with Crippen molar-refractivity contribution in [1.82, 2.24) is 9.88 Å².